The molecule has 1 saturated heterocycles. The Morgan fingerprint density at radius 1 is 1.19 bits per heavy atom. The molecule has 1 aliphatic heterocycles. The van der Waals surface area contributed by atoms with Crippen LogP contribution in [0.1, 0.15) is 18.4 Å². The van der Waals surface area contributed by atoms with Gasteiger partial charge in [-0.2, -0.15) is 0 Å². The van der Waals surface area contributed by atoms with Gasteiger partial charge in [0.15, 0.2) is 5.96 Å². The van der Waals surface area contributed by atoms with Crippen molar-refractivity contribution in [1.82, 2.24) is 25.4 Å². The van der Waals surface area contributed by atoms with E-state index in [9.17, 15) is 0 Å². The van der Waals surface area contributed by atoms with Crippen LogP contribution in [0, 0.1) is 0 Å². The molecule has 0 aliphatic carbocycles. The summed E-state index contributed by atoms with van der Waals surface area (Å²) >= 11 is 5.80. The van der Waals surface area contributed by atoms with Crippen LogP contribution < -0.4 is 10.6 Å². The van der Waals surface area contributed by atoms with Crippen molar-refractivity contribution in [2.45, 2.75) is 19.3 Å². The van der Waals surface area contributed by atoms with Crippen LogP contribution in [0.15, 0.2) is 23.3 Å². The zero-order chi connectivity index (χ0) is 17.9. The maximum atomic E-state index is 5.80. The minimum absolute atomic E-state index is 0. The molecular formula is C18H32ClIN6. The van der Waals surface area contributed by atoms with Crippen molar-refractivity contribution in [2.75, 3.05) is 59.9 Å². The fourth-order valence-corrected chi connectivity index (χ4v) is 3.05. The lowest BCUT2D eigenvalue weighted by atomic mass is 10.2. The number of hydrogen-bond acceptors (Lipinski definition) is 4. The Hall–Kier alpha value is -0.640. The van der Waals surface area contributed by atoms with Gasteiger partial charge in [0.05, 0.1) is 0 Å². The largest absolute Gasteiger partial charge is 0.356 e. The van der Waals surface area contributed by atoms with Crippen LogP contribution in [0.25, 0.3) is 0 Å². The monoisotopic (exact) mass is 494 g/mol. The van der Waals surface area contributed by atoms with E-state index in [2.05, 4.69) is 37.5 Å². The van der Waals surface area contributed by atoms with Crippen molar-refractivity contribution in [3.05, 3.63) is 29.0 Å². The number of rotatable bonds is 7. The van der Waals surface area contributed by atoms with Gasteiger partial charge < -0.3 is 20.4 Å². The first-order valence-corrected chi connectivity index (χ1v) is 9.51. The molecule has 1 aromatic heterocycles. The van der Waals surface area contributed by atoms with E-state index in [1.807, 2.05) is 25.4 Å². The van der Waals surface area contributed by atoms with E-state index in [4.69, 9.17) is 11.6 Å². The van der Waals surface area contributed by atoms with Gasteiger partial charge in [0.2, 0.25) is 0 Å². The lowest BCUT2D eigenvalue weighted by molar-refractivity contribution is 0.274. The zero-order valence-corrected chi connectivity index (χ0v) is 19.0. The minimum Gasteiger partial charge on any atom is -0.356 e. The lowest BCUT2D eigenvalue weighted by Crippen LogP contribution is -2.40. The molecule has 0 radical (unpaired) electrons. The van der Waals surface area contributed by atoms with Crippen molar-refractivity contribution >= 4 is 41.5 Å². The number of aromatic nitrogens is 1. The van der Waals surface area contributed by atoms with Gasteiger partial charge >= 0.3 is 0 Å². The van der Waals surface area contributed by atoms with Gasteiger partial charge in [0.1, 0.15) is 5.15 Å². The van der Waals surface area contributed by atoms with E-state index in [0.29, 0.717) is 5.15 Å². The second kappa shape index (κ2) is 13.5. The van der Waals surface area contributed by atoms with E-state index in [1.54, 1.807) is 0 Å². The summed E-state index contributed by atoms with van der Waals surface area (Å²) in [4.78, 5) is 13.4. The third-order valence-electron chi connectivity index (χ3n) is 4.47. The Morgan fingerprint density at radius 2 is 2.00 bits per heavy atom. The lowest BCUT2D eigenvalue weighted by Gasteiger charge is -2.20. The molecule has 148 valence electrons. The van der Waals surface area contributed by atoms with Crippen LogP contribution in [-0.4, -0.2) is 80.7 Å². The van der Waals surface area contributed by atoms with Gasteiger partial charge in [0.25, 0.3) is 0 Å². The number of aliphatic imine (C=N–C) groups is 1. The van der Waals surface area contributed by atoms with Crippen LogP contribution in [0.3, 0.4) is 0 Å². The summed E-state index contributed by atoms with van der Waals surface area (Å²) in [5, 5.41) is 7.27. The van der Waals surface area contributed by atoms with Crippen molar-refractivity contribution in [1.29, 1.82) is 0 Å². The molecule has 2 heterocycles. The number of halogens is 2. The van der Waals surface area contributed by atoms with Gasteiger partial charge in [0, 0.05) is 39.4 Å². The fourth-order valence-electron chi connectivity index (χ4n) is 2.93. The molecule has 1 aromatic rings. The average molecular weight is 495 g/mol. The van der Waals surface area contributed by atoms with E-state index >= 15 is 0 Å². The number of likely N-dealkylation sites (N-methyl/N-ethyl adjacent to an activating group) is 1. The molecule has 0 spiro atoms. The van der Waals surface area contributed by atoms with Crippen LogP contribution in [-0.2, 0) is 6.42 Å². The predicted octanol–water partition coefficient (Wildman–Crippen LogP) is 2.09. The average Bonchev–Trinajstić information content (AvgIpc) is 2.83. The zero-order valence-electron chi connectivity index (χ0n) is 15.9. The minimum atomic E-state index is 0. The Kier molecular flexibility index (Phi) is 12.2. The topological polar surface area (TPSA) is 55.8 Å². The molecule has 1 aliphatic rings. The molecule has 0 atom stereocenters. The summed E-state index contributed by atoms with van der Waals surface area (Å²) in [6.07, 6.45) is 5.11. The molecule has 0 aromatic carbocycles. The fraction of sp³-hybridized carbons (Fsp3) is 0.667. The number of hydrogen-bond donors (Lipinski definition) is 2. The van der Waals surface area contributed by atoms with Gasteiger partial charge in [-0.15, -0.1) is 24.0 Å². The van der Waals surface area contributed by atoms with Gasteiger partial charge in [-0.3, -0.25) is 4.99 Å². The highest BCUT2D eigenvalue weighted by Gasteiger charge is 2.11. The Labute approximate surface area is 179 Å². The van der Waals surface area contributed by atoms with Crippen molar-refractivity contribution in [3.63, 3.8) is 0 Å². The molecule has 26 heavy (non-hydrogen) atoms. The van der Waals surface area contributed by atoms with Gasteiger partial charge in [-0.25, -0.2) is 4.98 Å². The number of nitrogens with one attached hydrogen (secondary N) is 2. The Morgan fingerprint density at radius 3 is 2.73 bits per heavy atom. The summed E-state index contributed by atoms with van der Waals surface area (Å²) in [5.74, 6) is 0.859. The standard InChI is InChI=1S/C18H31ClN6.HI/c1-20-18(22-9-7-16-5-6-17(19)23-15-16)21-8-3-11-25-12-4-10-24(2)13-14-25;/h5-6,15H,3-4,7-14H2,1-2H3,(H2,20,21,22);1H. The van der Waals surface area contributed by atoms with E-state index in [-0.39, 0.29) is 24.0 Å². The first-order valence-electron chi connectivity index (χ1n) is 9.13. The van der Waals surface area contributed by atoms with Crippen LogP contribution in [0.2, 0.25) is 5.15 Å². The van der Waals surface area contributed by atoms with E-state index < -0.39 is 0 Å². The quantitative estimate of drug-likeness (QED) is 0.200. The molecule has 6 nitrogen and oxygen atoms in total. The Bertz CT molecular complexity index is 525. The highest BCUT2D eigenvalue weighted by atomic mass is 127. The molecule has 2 N–H and O–H groups in total. The molecule has 1 fully saturated rings. The highest BCUT2D eigenvalue weighted by molar-refractivity contribution is 14.0. The molecule has 2 rings (SSSR count). The van der Waals surface area contributed by atoms with Gasteiger partial charge in [-0.05, 0) is 57.6 Å². The maximum Gasteiger partial charge on any atom is 0.190 e. The van der Waals surface area contributed by atoms with Gasteiger partial charge in [-0.1, -0.05) is 17.7 Å². The molecule has 0 amide bonds. The van der Waals surface area contributed by atoms with E-state index in [0.717, 1.165) is 38.4 Å². The van der Waals surface area contributed by atoms with Crippen molar-refractivity contribution in [2.24, 2.45) is 4.99 Å². The normalized spacial score (nSPS) is 16.7. The molecule has 0 bridgehead atoms. The van der Waals surface area contributed by atoms with Crippen LogP contribution in [0.5, 0.6) is 0 Å². The Balaban J connectivity index is 0.00000338. The molecule has 0 unspecified atom stereocenters. The highest BCUT2D eigenvalue weighted by Crippen LogP contribution is 2.05. The molecular weight excluding hydrogens is 463 g/mol. The third kappa shape index (κ3) is 9.34. The number of guanidine groups is 1. The summed E-state index contributed by atoms with van der Waals surface area (Å²) in [5.41, 5.74) is 1.17. The first-order chi connectivity index (χ1) is 12.2. The molecule has 8 heteroatoms. The number of nitrogens with zero attached hydrogens (tertiary/aromatic N) is 4. The maximum absolute atomic E-state index is 5.80. The van der Waals surface area contributed by atoms with Crippen LogP contribution in [0.4, 0.5) is 0 Å². The summed E-state index contributed by atoms with van der Waals surface area (Å²) in [7, 11) is 4.02. The third-order valence-corrected chi connectivity index (χ3v) is 4.70. The summed E-state index contributed by atoms with van der Waals surface area (Å²) in [6.45, 7) is 7.69. The SMILES string of the molecule is CN=C(NCCCN1CCCN(C)CC1)NCCc1ccc(Cl)nc1.I. The second-order valence-electron chi connectivity index (χ2n) is 6.52. The molecule has 0 saturated carbocycles. The van der Waals surface area contributed by atoms with Crippen molar-refractivity contribution in [3.8, 4) is 0 Å². The van der Waals surface area contributed by atoms with Crippen LogP contribution >= 0.6 is 35.6 Å². The first kappa shape index (κ1) is 23.4. The summed E-state index contributed by atoms with van der Waals surface area (Å²) < 4.78 is 0. The predicted molar refractivity (Wildman–Crippen MR) is 121 cm³/mol. The van der Waals surface area contributed by atoms with E-state index in [1.165, 1.54) is 38.2 Å². The number of pyridine rings is 1. The second-order valence-corrected chi connectivity index (χ2v) is 6.90. The smallest absolute Gasteiger partial charge is 0.190 e. The van der Waals surface area contributed by atoms with Crippen molar-refractivity contribution < 1.29 is 0 Å². The summed E-state index contributed by atoms with van der Waals surface area (Å²) in [6, 6.07) is 3.83.